The molecule has 0 aliphatic carbocycles. The molecule has 4 rings (SSSR count). The van der Waals surface area contributed by atoms with E-state index in [2.05, 4.69) is 15.5 Å². The highest BCUT2D eigenvalue weighted by Crippen LogP contribution is 2.28. The predicted octanol–water partition coefficient (Wildman–Crippen LogP) is 5.80. The first-order chi connectivity index (χ1) is 15.1. The number of rotatable bonds is 6. The van der Waals surface area contributed by atoms with E-state index in [0.29, 0.717) is 28.2 Å². The van der Waals surface area contributed by atoms with E-state index in [4.69, 9.17) is 26.1 Å². The first-order valence-electron chi connectivity index (χ1n) is 9.64. The minimum atomic E-state index is 0.594. The fraction of sp³-hybridized carbons (Fsp3) is 0.125. The Morgan fingerprint density at radius 3 is 2.39 bits per heavy atom. The zero-order valence-corrected chi connectivity index (χ0v) is 18.1. The molecule has 4 aromatic rings. The molecule has 1 heterocycles. The van der Waals surface area contributed by atoms with Crippen LogP contribution in [0.15, 0.2) is 71.8 Å². The number of nitrogens with zero attached hydrogens (tertiary/aromatic N) is 3. The summed E-state index contributed by atoms with van der Waals surface area (Å²) in [6.45, 7) is 1.91. The highest BCUT2D eigenvalue weighted by atomic mass is 35.5. The van der Waals surface area contributed by atoms with Crippen molar-refractivity contribution in [2.24, 2.45) is 5.10 Å². The van der Waals surface area contributed by atoms with Gasteiger partial charge in [0.15, 0.2) is 23.1 Å². The molecule has 0 spiro atoms. The van der Waals surface area contributed by atoms with Crippen LogP contribution in [0.3, 0.4) is 0 Å². The Hall–Kier alpha value is -3.64. The van der Waals surface area contributed by atoms with E-state index in [1.54, 1.807) is 14.2 Å². The van der Waals surface area contributed by atoms with Crippen LogP contribution in [0, 0.1) is 0 Å². The number of fused-ring (bicyclic) bond motifs is 1. The lowest BCUT2D eigenvalue weighted by molar-refractivity contribution is 0.355. The second-order valence-corrected chi connectivity index (χ2v) is 7.24. The monoisotopic (exact) mass is 432 g/mol. The molecule has 0 amide bonds. The van der Waals surface area contributed by atoms with Gasteiger partial charge in [-0.1, -0.05) is 23.7 Å². The molecule has 7 heteroatoms. The summed E-state index contributed by atoms with van der Waals surface area (Å²) in [4.78, 5) is 9.40. The van der Waals surface area contributed by atoms with Crippen molar-refractivity contribution < 1.29 is 9.47 Å². The Morgan fingerprint density at radius 2 is 1.65 bits per heavy atom. The molecule has 156 valence electrons. The van der Waals surface area contributed by atoms with Crippen LogP contribution in [0.5, 0.6) is 11.5 Å². The van der Waals surface area contributed by atoms with E-state index < -0.39 is 0 Å². The second-order valence-electron chi connectivity index (χ2n) is 6.80. The maximum Gasteiger partial charge on any atom is 0.162 e. The van der Waals surface area contributed by atoms with Crippen LogP contribution in [0.25, 0.3) is 22.3 Å². The van der Waals surface area contributed by atoms with Crippen molar-refractivity contribution in [1.82, 2.24) is 9.97 Å². The van der Waals surface area contributed by atoms with Crippen molar-refractivity contribution in [3.63, 3.8) is 0 Å². The number of benzene rings is 3. The largest absolute Gasteiger partial charge is 0.493 e. The summed E-state index contributed by atoms with van der Waals surface area (Å²) in [6, 6.07) is 20.9. The maximum atomic E-state index is 6.02. The number of anilines is 1. The molecule has 0 atom stereocenters. The molecular weight excluding hydrogens is 412 g/mol. The van der Waals surface area contributed by atoms with Gasteiger partial charge in [-0.05, 0) is 61.5 Å². The maximum absolute atomic E-state index is 6.02. The van der Waals surface area contributed by atoms with Gasteiger partial charge >= 0.3 is 0 Å². The van der Waals surface area contributed by atoms with Crippen LogP contribution in [-0.2, 0) is 0 Å². The number of aromatic nitrogens is 2. The predicted molar refractivity (Wildman–Crippen MR) is 125 cm³/mol. The Labute approximate surface area is 185 Å². The summed E-state index contributed by atoms with van der Waals surface area (Å²) in [7, 11) is 3.22. The molecule has 31 heavy (non-hydrogen) atoms. The van der Waals surface area contributed by atoms with Gasteiger partial charge in [-0.25, -0.2) is 9.97 Å². The van der Waals surface area contributed by atoms with E-state index in [1.165, 1.54) is 0 Å². The van der Waals surface area contributed by atoms with Gasteiger partial charge in [-0.3, -0.25) is 5.43 Å². The number of para-hydroxylation sites is 1. The van der Waals surface area contributed by atoms with E-state index in [-0.39, 0.29) is 0 Å². The SMILES string of the molecule is COc1ccc(/C(C)=N\Nc2nc(-c3ccc(Cl)cc3)nc3ccccc23)cc1OC. The van der Waals surface area contributed by atoms with Gasteiger partial charge in [0.2, 0.25) is 0 Å². The first-order valence-corrected chi connectivity index (χ1v) is 10.0. The van der Waals surface area contributed by atoms with Crippen LogP contribution in [0.2, 0.25) is 5.02 Å². The molecule has 3 aromatic carbocycles. The van der Waals surface area contributed by atoms with Crippen molar-refractivity contribution in [3.05, 3.63) is 77.3 Å². The summed E-state index contributed by atoms with van der Waals surface area (Å²) in [5.41, 5.74) is 6.49. The average Bonchev–Trinajstić information content (AvgIpc) is 2.82. The van der Waals surface area contributed by atoms with Crippen LogP contribution >= 0.6 is 11.6 Å². The van der Waals surface area contributed by atoms with Crippen molar-refractivity contribution in [2.45, 2.75) is 6.92 Å². The molecule has 1 aromatic heterocycles. The van der Waals surface area contributed by atoms with E-state index in [0.717, 1.165) is 27.7 Å². The van der Waals surface area contributed by atoms with Crippen molar-refractivity contribution >= 4 is 34.0 Å². The molecule has 0 saturated heterocycles. The van der Waals surface area contributed by atoms with Crippen LogP contribution in [0.1, 0.15) is 12.5 Å². The lowest BCUT2D eigenvalue weighted by atomic mass is 10.1. The Kier molecular flexibility index (Phi) is 6.00. The lowest BCUT2D eigenvalue weighted by Crippen LogP contribution is -2.03. The normalized spacial score (nSPS) is 11.4. The molecule has 0 saturated carbocycles. The number of methoxy groups -OCH3 is 2. The molecule has 0 bridgehead atoms. The van der Waals surface area contributed by atoms with E-state index >= 15 is 0 Å². The smallest absolute Gasteiger partial charge is 0.162 e. The van der Waals surface area contributed by atoms with Gasteiger partial charge in [-0.2, -0.15) is 5.10 Å². The Morgan fingerprint density at radius 1 is 0.903 bits per heavy atom. The third kappa shape index (κ3) is 4.44. The zero-order valence-electron chi connectivity index (χ0n) is 17.4. The summed E-state index contributed by atoms with van der Waals surface area (Å²) < 4.78 is 10.7. The van der Waals surface area contributed by atoms with Gasteiger partial charge in [0.25, 0.3) is 0 Å². The van der Waals surface area contributed by atoms with Gasteiger partial charge in [0.05, 0.1) is 25.4 Å². The summed E-state index contributed by atoms with van der Waals surface area (Å²) in [6.07, 6.45) is 0. The molecule has 0 unspecified atom stereocenters. The minimum absolute atomic E-state index is 0.594. The van der Waals surface area contributed by atoms with Crippen molar-refractivity contribution in [1.29, 1.82) is 0 Å². The quantitative estimate of drug-likeness (QED) is 0.308. The topological polar surface area (TPSA) is 68.6 Å². The molecule has 0 aliphatic heterocycles. The summed E-state index contributed by atoms with van der Waals surface area (Å²) in [5, 5.41) is 6.10. The highest BCUT2D eigenvalue weighted by molar-refractivity contribution is 6.30. The second kappa shape index (κ2) is 9.02. The number of hydrogen-bond acceptors (Lipinski definition) is 6. The fourth-order valence-corrected chi connectivity index (χ4v) is 3.28. The zero-order chi connectivity index (χ0) is 21.8. The van der Waals surface area contributed by atoms with Crippen molar-refractivity contribution in [2.75, 3.05) is 19.6 Å². The molecular formula is C24H21ClN4O2. The molecule has 6 nitrogen and oxygen atoms in total. The number of halogens is 1. The molecule has 0 radical (unpaired) electrons. The van der Waals surface area contributed by atoms with Crippen LogP contribution in [0.4, 0.5) is 5.82 Å². The van der Waals surface area contributed by atoms with Gasteiger partial charge in [0, 0.05) is 21.5 Å². The number of nitrogens with one attached hydrogen (secondary N) is 1. The standard InChI is InChI=1S/C24H21ClN4O2/c1-15(17-10-13-21(30-2)22(14-17)31-3)28-29-24-19-6-4-5-7-20(19)26-23(27-24)16-8-11-18(25)12-9-16/h4-14H,1-3H3,(H,26,27,29)/b28-15-. The first kappa shape index (κ1) is 20.6. The summed E-state index contributed by atoms with van der Waals surface area (Å²) in [5.74, 6) is 2.53. The van der Waals surface area contributed by atoms with Gasteiger partial charge < -0.3 is 9.47 Å². The number of hydrazone groups is 1. The van der Waals surface area contributed by atoms with Gasteiger partial charge in [0.1, 0.15) is 0 Å². The molecule has 0 aliphatic rings. The highest BCUT2D eigenvalue weighted by Gasteiger charge is 2.10. The molecule has 1 N–H and O–H groups in total. The van der Waals surface area contributed by atoms with E-state index in [1.807, 2.05) is 73.7 Å². The third-order valence-corrected chi connectivity index (χ3v) is 5.09. The minimum Gasteiger partial charge on any atom is -0.493 e. The van der Waals surface area contributed by atoms with Crippen LogP contribution < -0.4 is 14.9 Å². The lowest BCUT2D eigenvalue weighted by Gasteiger charge is -2.11. The van der Waals surface area contributed by atoms with Crippen LogP contribution in [-0.4, -0.2) is 29.9 Å². The van der Waals surface area contributed by atoms with Gasteiger partial charge in [-0.15, -0.1) is 0 Å². The fourth-order valence-electron chi connectivity index (χ4n) is 3.15. The third-order valence-electron chi connectivity index (χ3n) is 4.84. The Bertz CT molecular complexity index is 1260. The Balaban J connectivity index is 1.71. The van der Waals surface area contributed by atoms with Crippen molar-refractivity contribution in [3.8, 4) is 22.9 Å². The molecule has 0 fully saturated rings. The number of ether oxygens (including phenoxy) is 2. The van der Waals surface area contributed by atoms with E-state index in [9.17, 15) is 0 Å². The average molecular weight is 433 g/mol. The number of hydrogen-bond donors (Lipinski definition) is 1. The summed E-state index contributed by atoms with van der Waals surface area (Å²) >= 11 is 6.02.